The molecule has 1 atom stereocenters. The summed E-state index contributed by atoms with van der Waals surface area (Å²) in [6.07, 6.45) is 3.46. The molecule has 16 heavy (non-hydrogen) atoms. The normalized spacial score (nSPS) is 13.1. The van der Waals surface area contributed by atoms with Crippen LogP contribution < -0.4 is 5.76 Å². The Morgan fingerprint density at radius 1 is 1.50 bits per heavy atom. The smallest absolute Gasteiger partial charge is 0.408 e. The number of nitrogens with one attached hydrogen (secondary N) is 1. The van der Waals surface area contributed by atoms with Gasteiger partial charge < -0.3 is 4.42 Å². The molecule has 1 unspecified atom stereocenters. The molecule has 1 aromatic carbocycles. The van der Waals surface area contributed by atoms with E-state index in [1.807, 2.05) is 18.2 Å². The Balaban J connectivity index is 2.27. The molecular formula is C12H14BrNO2. The lowest BCUT2D eigenvalue weighted by molar-refractivity contribution is 0.555. The van der Waals surface area contributed by atoms with Gasteiger partial charge in [0.05, 0.1) is 5.52 Å². The number of benzene rings is 1. The number of fused-ring (bicyclic) bond motifs is 1. The Hall–Kier alpha value is -1.03. The van der Waals surface area contributed by atoms with Crippen molar-refractivity contribution in [2.45, 2.75) is 31.0 Å². The van der Waals surface area contributed by atoms with E-state index in [2.05, 4.69) is 27.8 Å². The molecule has 0 bridgehead atoms. The SMILES string of the molecule is CCCCC(Br)c1ccc2[nH]c(=O)oc2c1. The molecule has 0 aliphatic rings. The number of hydrogen-bond acceptors (Lipinski definition) is 2. The van der Waals surface area contributed by atoms with E-state index in [4.69, 9.17) is 4.42 Å². The van der Waals surface area contributed by atoms with Crippen LogP contribution >= 0.6 is 15.9 Å². The maximum Gasteiger partial charge on any atom is 0.417 e. The summed E-state index contributed by atoms with van der Waals surface area (Å²) in [5.41, 5.74) is 2.54. The van der Waals surface area contributed by atoms with E-state index < -0.39 is 5.76 Å². The Morgan fingerprint density at radius 3 is 3.06 bits per heavy atom. The maximum absolute atomic E-state index is 11.0. The van der Waals surface area contributed by atoms with Gasteiger partial charge in [0.15, 0.2) is 5.58 Å². The predicted octanol–water partition coefficient (Wildman–Crippen LogP) is 3.75. The number of H-pyrrole nitrogens is 1. The zero-order valence-electron chi connectivity index (χ0n) is 9.13. The summed E-state index contributed by atoms with van der Waals surface area (Å²) in [7, 11) is 0. The quantitative estimate of drug-likeness (QED) is 0.869. The van der Waals surface area contributed by atoms with Crippen molar-refractivity contribution >= 4 is 27.0 Å². The fourth-order valence-corrected chi connectivity index (χ4v) is 2.32. The van der Waals surface area contributed by atoms with Crippen molar-refractivity contribution in [3.05, 3.63) is 34.3 Å². The molecule has 1 N–H and O–H groups in total. The minimum absolute atomic E-state index is 0.331. The maximum atomic E-state index is 11.0. The Morgan fingerprint density at radius 2 is 2.31 bits per heavy atom. The van der Waals surface area contributed by atoms with Gasteiger partial charge in [-0.1, -0.05) is 41.8 Å². The van der Waals surface area contributed by atoms with Crippen LogP contribution in [0, 0.1) is 0 Å². The molecule has 0 spiro atoms. The summed E-state index contributed by atoms with van der Waals surface area (Å²) in [5, 5.41) is 0. The summed E-state index contributed by atoms with van der Waals surface area (Å²) in [6.45, 7) is 2.17. The van der Waals surface area contributed by atoms with Crippen molar-refractivity contribution in [3.8, 4) is 0 Å². The lowest BCUT2D eigenvalue weighted by atomic mass is 10.1. The zero-order chi connectivity index (χ0) is 11.5. The van der Waals surface area contributed by atoms with Gasteiger partial charge in [-0.2, -0.15) is 0 Å². The summed E-state index contributed by atoms with van der Waals surface area (Å²) in [6, 6.07) is 5.82. The highest BCUT2D eigenvalue weighted by Crippen LogP contribution is 2.29. The number of hydrogen-bond donors (Lipinski definition) is 1. The second-order valence-corrected chi connectivity index (χ2v) is 4.99. The van der Waals surface area contributed by atoms with Crippen LogP contribution in [0.1, 0.15) is 36.6 Å². The van der Waals surface area contributed by atoms with Gasteiger partial charge in [0.1, 0.15) is 0 Å². The van der Waals surface area contributed by atoms with Crippen molar-refractivity contribution in [1.29, 1.82) is 0 Å². The van der Waals surface area contributed by atoms with Crippen molar-refractivity contribution in [1.82, 2.24) is 4.98 Å². The largest absolute Gasteiger partial charge is 0.417 e. The van der Waals surface area contributed by atoms with Crippen molar-refractivity contribution in [2.24, 2.45) is 0 Å². The van der Waals surface area contributed by atoms with Crippen LogP contribution in [-0.4, -0.2) is 4.98 Å². The summed E-state index contributed by atoms with van der Waals surface area (Å²) in [4.78, 5) is 14.0. The van der Waals surface area contributed by atoms with Gasteiger partial charge in [-0.25, -0.2) is 4.79 Å². The standard InChI is InChI=1S/C12H14BrNO2/c1-2-3-4-9(13)8-5-6-10-11(7-8)16-12(15)14-10/h5-7,9H,2-4H2,1H3,(H,14,15). The van der Waals surface area contributed by atoms with Crippen LogP contribution in [0.25, 0.3) is 11.1 Å². The number of aromatic amines is 1. The van der Waals surface area contributed by atoms with Crippen LogP contribution in [-0.2, 0) is 0 Å². The first-order valence-electron chi connectivity index (χ1n) is 5.47. The van der Waals surface area contributed by atoms with Crippen LogP contribution in [0.4, 0.5) is 0 Å². The van der Waals surface area contributed by atoms with Gasteiger partial charge in [-0.05, 0) is 24.1 Å². The van der Waals surface area contributed by atoms with Gasteiger partial charge in [0.25, 0.3) is 0 Å². The first-order chi connectivity index (χ1) is 7.70. The Labute approximate surface area is 102 Å². The van der Waals surface area contributed by atoms with Gasteiger partial charge in [0.2, 0.25) is 0 Å². The van der Waals surface area contributed by atoms with Crippen LogP contribution in [0.3, 0.4) is 0 Å². The fourth-order valence-electron chi connectivity index (χ4n) is 1.71. The highest BCUT2D eigenvalue weighted by atomic mass is 79.9. The molecule has 2 aromatic rings. The number of unbranched alkanes of at least 4 members (excludes halogenated alkanes) is 1. The molecule has 4 heteroatoms. The molecule has 0 amide bonds. The van der Waals surface area contributed by atoms with E-state index in [1.54, 1.807) is 0 Å². The Bertz CT molecular complexity index is 529. The third kappa shape index (κ3) is 2.38. The van der Waals surface area contributed by atoms with E-state index in [9.17, 15) is 4.79 Å². The minimum atomic E-state index is -0.396. The summed E-state index contributed by atoms with van der Waals surface area (Å²) >= 11 is 3.65. The molecule has 0 aliphatic carbocycles. The molecule has 86 valence electrons. The topological polar surface area (TPSA) is 46.0 Å². The number of halogens is 1. The average Bonchev–Trinajstić information content (AvgIpc) is 2.64. The third-order valence-electron chi connectivity index (χ3n) is 2.62. The molecule has 3 nitrogen and oxygen atoms in total. The molecule has 0 saturated heterocycles. The fraction of sp³-hybridized carbons (Fsp3) is 0.417. The second-order valence-electron chi connectivity index (χ2n) is 3.88. The van der Waals surface area contributed by atoms with Crippen LogP contribution in [0.2, 0.25) is 0 Å². The van der Waals surface area contributed by atoms with Crippen molar-refractivity contribution in [2.75, 3.05) is 0 Å². The molecule has 0 saturated carbocycles. The molecule has 1 heterocycles. The van der Waals surface area contributed by atoms with Crippen molar-refractivity contribution < 1.29 is 4.42 Å². The summed E-state index contributed by atoms with van der Waals surface area (Å²) in [5.74, 6) is -0.396. The highest BCUT2D eigenvalue weighted by molar-refractivity contribution is 9.09. The predicted molar refractivity (Wildman–Crippen MR) is 68.0 cm³/mol. The lowest BCUT2D eigenvalue weighted by Gasteiger charge is -2.08. The zero-order valence-corrected chi connectivity index (χ0v) is 10.7. The third-order valence-corrected chi connectivity index (χ3v) is 3.60. The highest BCUT2D eigenvalue weighted by Gasteiger charge is 2.09. The molecule has 0 fully saturated rings. The average molecular weight is 284 g/mol. The summed E-state index contributed by atoms with van der Waals surface area (Å²) < 4.78 is 5.03. The van der Waals surface area contributed by atoms with E-state index in [-0.39, 0.29) is 0 Å². The van der Waals surface area contributed by atoms with Crippen LogP contribution in [0.15, 0.2) is 27.4 Å². The van der Waals surface area contributed by atoms with Gasteiger partial charge in [-0.15, -0.1) is 0 Å². The monoisotopic (exact) mass is 283 g/mol. The van der Waals surface area contributed by atoms with E-state index in [0.29, 0.717) is 10.4 Å². The van der Waals surface area contributed by atoms with E-state index in [1.165, 1.54) is 12.8 Å². The van der Waals surface area contributed by atoms with E-state index >= 15 is 0 Å². The molecular weight excluding hydrogens is 270 g/mol. The first-order valence-corrected chi connectivity index (χ1v) is 6.39. The molecule has 1 aromatic heterocycles. The van der Waals surface area contributed by atoms with Crippen LogP contribution in [0.5, 0.6) is 0 Å². The number of oxazole rings is 1. The molecule has 0 radical (unpaired) electrons. The minimum Gasteiger partial charge on any atom is -0.408 e. The number of aromatic nitrogens is 1. The first kappa shape index (κ1) is 11.5. The molecule has 0 aliphatic heterocycles. The van der Waals surface area contributed by atoms with Gasteiger partial charge in [0, 0.05) is 4.83 Å². The van der Waals surface area contributed by atoms with E-state index in [0.717, 1.165) is 17.5 Å². The van der Waals surface area contributed by atoms with Gasteiger partial charge >= 0.3 is 5.76 Å². The second kappa shape index (κ2) is 4.87. The van der Waals surface area contributed by atoms with Gasteiger partial charge in [-0.3, -0.25) is 4.98 Å². The Kier molecular flexibility index (Phi) is 3.49. The number of rotatable bonds is 4. The lowest BCUT2D eigenvalue weighted by Crippen LogP contribution is -1.92. The number of alkyl halides is 1. The van der Waals surface area contributed by atoms with Crippen molar-refractivity contribution in [3.63, 3.8) is 0 Å². The molecule has 2 rings (SSSR count).